The molecule has 3 rings (SSSR count). The van der Waals surface area contributed by atoms with Gasteiger partial charge in [0.15, 0.2) is 0 Å². The molecule has 102 valence electrons. The lowest BCUT2D eigenvalue weighted by Crippen LogP contribution is -2.08. The molecule has 0 saturated carbocycles. The van der Waals surface area contributed by atoms with Gasteiger partial charge in [-0.3, -0.25) is 4.98 Å². The van der Waals surface area contributed by atoms with Crippen LogP contribution in [0.4, 0.5) is 10.1 Å². The van der Waals surface area contributed by atoms with E-state index >= 15 is 0 Å². The zero-order valence-electron chi connectivity index (χ0n) is 11.1. The number of pyridine rings is 1. The van der Waals surface area contributed by atoms with Crippen LogP contribution in [0.25, 0.3) is 10.9 Å². The average molecular weight is 277 g/mol. The summed E-state index contributed by atoms with van der Waals surface area (Å²) >= 11 is 0. The molecule has 1 heterocycles. The maximum atomic E-state index is 13.2. The molecule has 0 aliphatic carbocycles. The van der Waals surface area contributed by atoms with E-state index in [1.54, 1.807) is 18.3 Å². The summed E-state index contributed by atoms with van der Waals surface area (Å²) in [6.07, 6.45) is 1.73. The molecule has 0 spiro atoms. The molecular formula is C17H12FN3. The molecule has 3 nitrogen and oxygen atoms in total. The van der Waals surface area contributed by atoms with E-state index in [9.17, 15) is 9.65 Å². The van der Waals surface area contributed by atoms with E-state index in [1.165, 1.54) is 12.1 Å². The number of fused-ring (bicyclic) bond motifs is 1. The molecule has 2 aromatic carbocycles. The lowest BCUT2D eigenvalue weighted by Gasteiger charge is -2.14. The first-order chi connectivity index (χ1) is 10.3. The Morgan fingerprint density at radius 1 is 1.10 bits per heavy atom. The first-order valence-corrected chi connectivity index (χ1v) is 6.53. The van der Waals surface area contributed by atoms with E-state index in [-0.39, 0.29) is 5.82 Å². The highest BCUT2D eigenvalue weighted by atomic mass is 19.1. The molecular weight excluding hydrogens is 265 g/mol. The van der Waals surface area contributed by atoms with E-state index in [0.717, 1.165) is 16.5 Å². The van der Waals surface area contributed by atoms with Gasteiger partial charge >= 0.3 is 0 Å². The molecule has 0 amide bonds. The fourth-order valence-electron chi connectivity index (χ4n) is 2.21. The monoisotopic (exact) mass is 277 g/mol. The number of nitrogens with zero attached hydrogens (tertiary/aromatic N) is 2. The summed E-state index contributed by atoms with van der Waals surface area (Å²) in [6, 6.07) is 17.2. The Labute approximate surface area is 121 Å². The molecule has 1 aromatic heterocycles. The fraction of sp³-hybridized carbons (Fsp3) is 0.0588. The molecule has 1 atom stereocenters. The predicted molar refractivity (Wildman–Crippen MR) is 80.1 cm³/mol. The Balaban J connectivity index is 1.93. The molecule has 0 aliphatic heterocycles. The Bertz CT molecular complexity index is 823. The highest BCUT2D eigenvalue weighted by molar-refractivity contribution is 5.79. The van der Waals surface area contributed by atoms with Crippen LogP contribution in [0.15, 0.2) is 60.8 Å². The minimum Gasteiger partial charge on any atom is -0.366 e. The fourth-order valence-corrected chi connectivity index (χ4v) is 2.21. The van der Waals surface area contributed by atoms with E-state index in [2.05, 4.69) is 16.4 Å². The molecule has 1 N–H and O–H groups in total. The maximum absolute atomic E-state index is 13.2. The number of hydrogen-bond donors (Lipinski definition) is 1. The standard InChI is InChI=1S/C17H12FN3/c18-14-4-1-5-15(10-14)21-17(11-19)13-6-7-16-12(9-13)3-2-8-20-16/h1-10,17,21H. The van der Waals surface area contributed by atoms with Gasteiger partial charge in [-0.25, -0.2) is 4.39 Å². The zero-order valence-corrected chi connectivity index (χ0v) is 11.1. The second kappa shape index (κ2) is 5.59. The number of nitriles is 1. The molecule has 0 radical (unpaired) electrons. The second-order valence-corrected chi connectivity index (χ2v) is 4.67. The third-order valence-electron chi connectivity index (χ3n) is 3.23. The van der Waals surface area contributed by atoms with Gasteiger partial charge in [-0.1, -0.05) is 18.2 Å². The van der Waals surface area contributed by atoms with Crippen molar-refractivity contribution in [1.29, 1.82) is 5.26 Å². The Hall–Kier alpha value is -2.93. The molecule has 0 saturated heterocycles. The van der Waals surface area contributed by atoms with Gasteiger partial charge in [0.25, 0.3) is 0 Å². The first-order valence-electron chi connectivity index (χ1n) is 6.53. The SMILES string of the molecule is N#CC(Nc1cccc(F)c1)c1ccc2ncccc2c1. The maximum Gasteiger partial charge on any atom is 0.140 e. The van der Waals surface area contributed by atoms with Crippen molar-refractivity contribution >= 4 is 16.6 Å². The number of nitrogens with one attached hydrogen (secondary N) is 1. The molecule has 0 bridgehead atoms. The van der Waals surface area contributed by atoms with Crippen molar-refractivity contribution in [2.45, 2.75) is 6.04 Å². The van der Waals surface area contributed by atoms with Crippen molar-refractivity contribution in [2.75, 3.05) is 5.32 Å². The minimum atomic E-state index is -0.545. The summed E-state index contributed by atoms with van der Waals surface area (Å²) in [7, 11) is 0. The first kappa shape index (κ1) is 13.1. The quantitative estimate of drug-likeness (QED) is 0.785. The molecule has 1 unspecified atom stereocenters. The van der Waals surface area contributed by atoms with Crippen molar-refractivity contribution in [2.24, 2.45) is 0 Å². The predicted octanol–water partition coefficient (Wildman–Crippen LogP) is 4.05. The number of aromatic nitrogens is 1. The van der Waals surface area contributed by atoms with Gasteiger partial charge in [-0.15, -0.1) is 0 Å². The van der Waals surface area contributed by atoms with Gasteiger partial charge in [0.2, 0.25) is 0 Å². The normalized spacial score (nSPS) is 11.8. The lowest BCUT2D eigenvalue weighted by molar-refractivity contribution is 0.628. The van der Waals surface area contributed by atoms with Crippen LogP contribution in [-0.2, 0) is 0 Å². The smallest absolute Gasteiger partial charge is 0.140 e. The zero-order chi connectivity index (χ0) is 14.7. The van der Waals surface area contributed by atoms with Crippen molar-refractivity contribution in [1.82, 2.24) is 4.98 Å². The van der Waals surface area contributed by atoms with Crippen LogP contribution >= 0.6 is 0 Å². The summed E-state index contributed by atoms with van der Waals surface area (Å²) in [6.45, 7) is 0. The highest BCUT2D eigenvalue weighted by Crippen LogP contribution is 2.22. The van der Waals surface area contributed by atoms with Crippen molar-refractivity contribution in [3.05, 3.63) is 72.2 Å². The van der Waals surface area contributed by atoms with Crippen molar-refractivity contribution < 1.29 is 4.39 Å². The van der Waals surface area contributed by atoms with E-state index < -0.39 is 6.04 Å². The van der Waals surface area contributed by atoms with Gasteiger partial charge in [-0.2, -0.15) is 5.26 Å². The Morgan fingerprint density at radius 2 is 2.00 bits per heavy atom. The van der Waals surface area contributed by atoms with Crippen LogP contribution < -0.4 is 5.32 Å². The molecule has 21 heavy (non-hydrogen) atoms. The molecule has 0 fully saturated rings. The van der Waals surface area contributed by atoms with Gasteiger partial charge < -0.3 is 5.32 Å². The van der Waals surface area contributed by atoms with Gasteiger partial charge in [0, 0.05) is 17.3 Å². The summed E-state index contributed by atoms with van der Waals surface area (Å²) in [5, 5.41) is 13.4. The number of halogens is 1. The van der Waals surface area contributed by atoms with Crippen molar-refractivity contribution in [3.63, 3.8) is 0 Å². The van der Waals surface area contributed by atoms with Crippen LogP contribution in [-0.4, -0.2) is 4.98 Å². The largest absolute Gasteiger partial charge is 0.366 e. The number of anilines is 1. The van der Waals surface area contributed by atoms with E-state index in [1.807, 2.05) is 30.3 Å². The number of rotatable bonds is 3. The minimum absolute atomic E-state index is 0.334. The van der Waals surface area contributed by atoms with Crippen LogP contribution in [0.5, 0.6) is 0 Å². The summed E-state index contributed by atoms with van der Waals surface area (Å²) in [4.78, 5) is 4.25. The van der Waals surface area contributed by atoms with Gasteiger partial charge in [0.1, 0.15) is 11.9 Å². The summed E-state index contributed by atoms with van der Waals surface area (Å²) in [5.74, 6) is -0.334. The Morgan fingerprint density at radius 3 is 2.81 bits per heavy atom. The number of hydrogen-bond acceptors (Lipinski definition) is 3. The van der Waals surface area contributed by atoms with E-state index in [4.69, 9.17) is 0 Å². The Kier molecular flexibility index (Phi) is 3.48. The van der Waals surface area contributed by atoms with Gasteiger partial charge in [0.05, 0.1) is 11.6 Å². The van der Waals surface area contributed by atoms with Crippen LogP contribution in [0.3, 0.4) is 0 Å². The molecule has 4 heteroatoms. The number of benzene rings is 2. The second-order valence-electron chi connectivity index (χ2n) is 4.67. The average Bonchev–Trinajstić information content (AvgIpc) is 2.52. The summed E-state index contributed by atoms with van der Waals surface area (Å²) in [5.41, 5.74) is 2.28. The van der Waals surface area contributed by atoms with E-state index in [0.29, 0.717) is 5.69 Å². The van der Waals surface area contributed by atoms with Crippen LogP contribution in [0.2, 0.25) is 0 Å². The molecule has 3 aromatic rings. The van der Waals surface area contributed by atoms with Crippen LogP contribution in [0, 0.1) is 17.1 Å². The van der Waals surface area contributed by atoms with Crippen LogP contribution in [0.1, 0.15) is 11.6 Å². The molecule has 0 aliphatic rings. The third kappa shape index (κ3) is 2.82. The lowest BCUT2D eigenvalue weighted by atomic mass is 10.0. The van der Waals surface area contributed by atoms with Gasteiger partial charge in [-0.05, 0) is 42.0 Å². The topological polar surface area (TPSA) is 48.7 Å². The highest BCUT2D eigenvalue weighted by Gasteiger charge is 2.11. The van der Waals surface area contributed by atoms with Crippen molar-refractivity contribution in [3.8, 4) is 6.07 Å². The summed E-state index contributed by atoms with van der Waals surface area (Å²) < 4.78 is 13.2. The third-order valence-corrected chi connectivity index (χ3v) is 3.23.